The van der Waals surface area contributed by atoms with Crippen LogP contribution in [0.3, 0.4) is 0 Å². The zero-order valence-corrected chi connectivity index (χ0v) is 13.5. The van der Waals surface area contributed by atoms with E-state index in [1.54, 1.807) is 18.2 Å². The van der Waals surface area contributed by atoms with Crippen molar-refractivity contribution in [3.8, 4) is 11.5 Å². The zero-order chi connectivity index (χ0) is 18.4. The van der Waals surface area contributed by atoms with Gasteiger partial charge in [0.2, 0.25) is 11.7 Å². The van der Waals surface area contributed by atoms with E-state index in [9.17, 15) is 19.3 Å². The number of nitro groups is 1. The van der Waals surface area contributed by atoms with Gasteiger partial charge in [0.25, 0.3) is 0 Å². The van der Waals surface area contributed by atoms with Crippen LogP contribution in [0.1, 0.15) is 5.56 Å². The van der Waals surface area contributed by atoms with Crippen LogP contribution in [-0.4, -0.2) is 25.1 Å². The predicted molar refractivity (Wildman–Crippen MR) is 90.3 cm³/mol. The molecule has 0 bridgehead atoms. The van der Waals surface area contributed by atoms with Crippen LogP contribution in [0.25, 0.3) is 6.08 Å². The summed E-state index contributed by atoms with van der Waals surface area (Å²) in [5, 5.41) is 13.1. The normalized spacial score (nSPS) is 10.5. The summed E-state index contributed by atoms with van der Waals surface area (Å²) < 4.78 is 23.5. The van der Waals surface area contributed by atoms with Gasteiger partial charge in [-0.3, -0.25) is 14.9 Å². The Morgan fingerprint density at radius 3 is 2.36 bits per heavy atom. The molecule has 2 aromatic rings. The van der Waals surface area contributed by atoms with Gasteiger partial charge in [-0.25, -0.2) is 0 Å². The number of nitro benzene ring substituents is 1. The third kappa shape index (κ3) is 4.77. The summed E-state index contributed by atoms with van der Waals surface area (Å²) >= 11 is 0. The molecule has 25 heavy (non-hydrogen) atoms. The monoisotopic (exact) mass is 346 g/mol. The molecule has 0 spiro atoms. The highest BCUT2D eigenvalue weighted by molar-refractivity contribution is 6.02. The number of hydrogen-bond acceptors (Lipinski definition) is 5. The molecule has 2 aromatic carbocycles. The SMILES string of the molecule is COc1cc(/C=C/C(=O)Nc2ccc(F)c([N+](=O)[O-])c2)cc(OC)c1. The number of benzene rings is 2. The molecule has 7 nitrogen and oxygen atoms in total. The Labute approximate surface area is 142 Å². The minimum atomic E-state index is -0.970. The minimum Gasteiger partial charge on any atom is -0.497 e. The van der Waals surface area contributed by atoms with E-state index in [0.717, 1.165) is 12.1 Å². The topological polar surface area (TPSA) is 90.7 Å². The van der Waals surface area contributed by atoms with Crippen molar-refractivity contribution in [2.75, 3.05) is 19.5 Å². The van der Waals surface area contributed by atoms with Crippen LogP contribution >= 0.6 is 0 Å². The Bertz CT molecular complexity index is 814. The number of carbonyl (C=O) groups excluding carboxylic acids is 1. The first-order valence-corrected chi connectivity index (χ1v) is 7.09. The van der Waals surface area contributed by atoms with E-state index in [2.05, 4.69) is 5.32 Å². The number of nitrogens with zero attached hydrogens (tertiary/aromatic N) is 1. The van der Waals surface area contributed by atoms with E-state index in [4.69, 9.17) is 9.47 Å². The molecule has 8 heteroatoms. The Morgan fingerprint density at radius 2 is 1.80 bits per heavy atom. The number of hydrogen-bond donors (Lipinski definition) is 1. The zero-order valence-electron chi connectivity index (χ0n) is 13.5. The van der Waals surface area contributed by atoms with E-state index in [1.165, 1.54) is 32.4 Å². The van der Waals surface area contributed by atoms with Crippen molar-refractivity contribution >= 4 is 23.4 Å². The van der Waals surface area contributed by atoms with Crippen molar-refractivity contribution in [2.45, 2.75) is 0 Å². The second-order valence-corrected chi connectivity index (χ2v) is 4.89. The lowest BCUT2D eigenvalue weighted by Gasteiger charge is -2.06. The fourth-order valence-corrected chi connectivity index (χ4v) is 2.01. The molecular formula is C17H15FN2O5. The molecule has 0 atom stereocenters. The second-order valence-electron chi connectivity index (χ2n) is 4.89. The molecule has 130 valence electrons. The van der Waals surface area contributed by atoms with E-state index < -0.39 is 22.3 Å². The molecule has 0 heterocycles. The molecule has 0 fully saturated rings. The summed E-state index contributed by atoms with van der Waals surface area (Å²) in [5.74, 6) is -0.369. The minimum absolute atomic E-state index is 0.117. The summed E-state index contributed by atoms with van der Waals surface area (Å²) in [6, 6.07) is 8.21. The van der Waals surface area contributed by atoms with Gasteiger partial charge in [-0.05, 0) is 35.9 Å². The number of rotatable bonds is 6. The van der Waals surface area contributed by atoms with Crippen LogP contribution < -0.4 is 14.8 Å². The maximum Gasteiger partial charge on any atom is 0.306 e. The van der Waals surface area contributed by atoms with Crippen molar-refractivity contribution < 1.29 is 23.6 Å². The van der Waals surface area contributed by atoms with Crippen molar-refractivity contribution in [3.05, 3.63) is 64.0 Å². The maximum absolute atomic E-state index is 13.3. The van der Waals surface area contributed by atoms with Gasteiger partial charge in [-0.1, -0.05) is 0 Å². The lowest BCUT2D eigenvalue weighted by molar-refractivity contribution is -0.387. The summed E-state index contributed by atoms with van der Waals surface area (Å²) in [5.41, 5.74) is 0.0710. The van der Waals surface area contributed by atoms with Crippen molar-refractivity contribution in [2.24, 2.45) is 0 Å². The predicted octanol–water partition coefficient (Wildman–Crippen LogP) is 3.40. The first-order chi connectivity index (χ1) is 11.9. The Balaban J connectivity index is 2.13. The summed E-state index contributed by atoms with van der Waals surface area (Å²) in [4.78, 5) is 21.8. The molecule has 0 radical (unpaired) electrons. The molecule has 1 N–H and O–H groups in total. The van der Waals surface area contributed by atoms with Gasteiger partial charge in [0.1, 0.15) is 11.5 Å². The van der Waals surface area contributed by atoms with Gasteiger partial charge in [0, 0.05) is 23.9 Å². The average Bonchev–Trinajstić information content (AvgIpc) is 2.61. The first-order valence-electron chi connectivity index (χ1n) is 7.09. The lowest BCUT2D eigenvalue weighted by Crippen LogP contribution is -2.08. The van der Waals surface area contributed by atoms with Crippen LogP contribution in [0, 0.1) is 15.9 Å². The average molecular weight is 346 g/mol. The molecule has 0 aliphatic rings. The number of nitrogens with one attached hydrogen (secondary N) is 1. The fraction of sp³-hybridized carbons (Fsp3) is 0.118. The lowest BCUT2D eigenvalue weighted by atomic mass is 10.2. The van der Waals surface area contributed by atoms with Crippen LogP contribution in [0.2, 0.25) is 0 Å². The number of amides is 1. The third-order valence-corrected chi connectivity index (χ3v) is 3.21. The largest absolute Gasteiger partial charge is 0.497 e. The van der Waals surface area contributed by atoms with Gasteiger partial charge >= 0.3 is 5.69 Å². The summed E-state index contributed by atoms with van der Waals surface area (Å²) in [6.45, 7) is 0. The standard InChI is InChI=1S/C17H15FN2O5/c1-24-13-7-11(8-14(10-13)25-2)3-6-17(21)19-12-4-5-15(18)16(9-12)20(22)23/h3-10H,1-2H3,(H,19,21)/b6-3+. The van der Waals surface area contributed by atoms with Gasteiger partial charge in [-0.2, -0.15) is 4.39 Å². The first kappa shape index (κ1) is 17.9. The molecule has 0 unspecified atom stereocenters. The molecule has 0 aliphatic carbocycles. The van der Waals surface area contributed by atoms with Gasteiger partial charge in [0.15, 0.2) is 0 Å². The number of ether oxygens (including phenoxy) is 2. The number of methoxy groups -OCH3 is 2. The number of halogens is 1. The Kier molecular flexibility index (Phi) is 5.67. The van der Waals surface area contributed by atoms with Crippen molar-refractivity contribution in [3.63, 3.8) is 0 Å². The van der Waals surface area contributed by atoms with Crippen LogP contribution in [-0.2, 0) is 4.79 Å². The van der Waals surface area contributed by atoms with Crippen LogP contribution in [0.5, 0.6) is 11.5 Å². The van der Waals surface area contributed by atoms with Gasteiger partial charge in [0.05, 0.1) is 19.1 Å². The molecule has 0 aliphatic heterocycles. The van der Waals surface area contributed by atoms with E-state index >= 15 is 0 Å². The van der Waals surface area contributed by atoms with Crippen molar-refractivity contribution in [1.29, 1.82) is 0 Å². The highest BCUT2D eigenvalue weighted by atomic mass is 19.1. The summed E-state index contributed by atoms with van der Waals surface area (Å²) in [7, 11) is 3.02. The third-order valence-electron chi connectivity index (χ3n) is 3.21. The summed E-state index contributed by atoms with van der Waals surface area (Å²) in [6.07, 6.45) is 2.77. The highest BCUT2D eigenvalue weighted by Crippen LogP contribution is 2.24. The molecule has 0 aromatic heterocycles. The van der Waals surface area contributed by atoms with Crippen LogP contribution in [0.15, 0.2) is 42.5 Å². The molecule has 0 saturated heterocycles. The maximum atomic E-state index is 13.3. The van der Waals surface area contributed by atoms with E-state index in [-0.39, 0.29) is 5.69 Å². The fourth-order valence-electron chi connectivity index (χ4n) is 2.01. The second kappa shape index (κ2) is 7.91. The Morgan fingerprint density at radius 1 is 1.16 bits per heavy atom. The highest BCUT2D eigenvalue weighted by Gasteiger charge is 2.14. The molecule has 0 saturated carbocycles. The van der Waals surface area contributed by atoms with E-state index in [1.807, 2.05) is 0 Å². The Hall–Kier alpha value is -3.42. The van der Waals surface area contributed by atoms with E-state index in [0.29, 0.717) is 17.1 Å². The number of anilines is 1. The van der Waals surface area contributed by atoms with Crippen molar-refractivity contribution in [1.82, 2.24) is 0 Å². The quantitative estimate of drug-likeness (QED) is 0.492. The molecular weight excluding hydrogens is 331 g/mol. The van der Waals surface area contributed by atoms with Gasteiger partial charge < -0.3 is 14.8 Å². The molecule has 2 rings (SSSR count). The van der Waals surface area contributed by atoms with Crippen LogP contribution in [0.4, 0.5) is 15.8 Å². The number of carbonyl (C=O) groups is 1. The van der Waals surface area contributed by atoms with Gasteiger partial charge in [-0.15, -0.1) is 0 Å². The molecule has 1 amide bonds. The smallest absolute Gasteiger partial charge is 0.306 e.